The van der Waals surface area contributed by atoms with Crippen LogP contribution in [0.3, 0.4) is 0 Å². The molecule has 29 heavy (non-hydrogen) atoms. The molecule has 7 nitrogen and oxygen atoms in total. The van der Waals surface area contributed by atoms with Gasteiger partial charge in [-0.15, -0.1) is 0 Å². The molecule has 0 bridgehead atoms. The molecule has 3 aromatic rings. The maximum absolute atomic E-state index is 12.0. The van der Waals surface area contributed by atoms with Crippen LogP contribution in [0, 0.1) is 12.8 Å². The van der Waals surface area contributed by atoms with Crippen molar-refractivity contribution in [2.24, 2.45) is 5.92 Å². The van der Waals surface area contributed by atoms with Gasteiger partial charge in [-0.1, -0.05) is 0 Å². The minimum atomic E-state index is -2.10. The standard InChI is InChI=1S/C22H25N5O2/c1-14-9-19(20(12-23-14)29-13-17-6-7-26(17)2)16-5-8-27-18(10-16)11-21(25-27)24-22(28)15-3-4-15/h5,8-12,15,17H,3-4,6-7,13H2,1-2H3,(H,24,25,28)/t17-/m0/s1/i2D3. The summed E-state index contributed by atoms with van der Waals surface area (Å²) in [5.74, 6) is 1.29. The van der Waals surface area contributed by atoms with Gasteiger partial charge in [-0.05, 0) is 63.5 Å². The van der Waals surface area contributed by atoms with E-state index in [9.17, 15) is 4.79 Å². The third-order valence-electron chi connectivity index (χ3n) is 5.55. The van der Waals surface area contributed by atoms with Crippen molar-refractivity contribution in [3.63, 3.8) is 0 Å². The first kappa shape index (κ1) is 15.0. The van der Waals surface area contributed by atoms with Gasteiger partial charge >= 0.3 is 0 Å². The molecular weight excluding hydrogens is 366 g/mol. The van der Waals surface area contributed by atoms with E-state index in [1.165, 1.54) is 4.90 Å². The van der Waals surface area contributed by atoms with Gasteiger partial charge in [0.1, 0.15) is 12.4 Å². The molecule has 3 aromatic heterocycles. The molecule has 1 aliphatic heterocycles. The SMILES string of the molecule is [2H]C([2H])([2H])N1CC[C@H]1COc1cnc(C)cc1-c1ccn2nc(NC(=O)C3CC3)cc2c1. The van der Waals surface area contributed by atoms with Crippen molar-refractivity contribution < 1.29 is 13.6 Å². The number of likely N-dealkylation sites (tertiary alicyclic amines) is 1. The van der Waals surface area contributed by atoms with Gasteiger partial charge in [0.2, 0.25) is 5.91 Å². The van der Waals surface area contributed by atoms with E-state index in [-0.39, 0.29) is 17.9 Å². The first-order chi connectivity index (χ1) is 15.3. The molecule has 0 unspecified atom stereocenters. The zero-order valence-corrected chi connectivity index (χ0v) is 16.3. The molecule has 0 spiro atoms. The van der Waals surface area contributed by atoms with Crippen LogP contribution >= 0.6 is 0 Å². The molecule has 1 aliphatic carbocycles. The Morgan fingerprint density at radius 1 is 1.34 bits per heavy atom. The van der Waals surface area contributed by atoms with Gasteiger partial charge in [0.25, 0.3) is 0 Å². The van der Waals surface area contributed by atoms with Gasteiger partial charge < -0.3 is 10.1 Å². The first-order valence-electron chi connectivity index (χ1n) is 11.4. The maximum atomic E-state index is 12.0. The fourth-order valence-electron chi connectivity index (χ4n) is 3.48. The Hall–Kier alpha value is -2.93. The number of hydrogen-bond acceptors (Lipinski definition) is 5. The smallest absolute Gasteiger partial charge is 0.228 e. The molecule has 7 heteroatoms. The summed E-state index contributed by atoms with van der Waals surface area (Å²) in [5, 5.41) is 7.31. The molecule has 2 aliphatic rings. The lowest BCUT2D eigenvalue weighted by atomic mass is 10.0. The number of pyridine rings is 2. The van der Waals surface area contributed by atoms with Gasteiger partial charge in [-0.25, -0.2) is 4.52 Å². The van der Waals surface area contributed by atoms with Crippen LogP contribution in [-0.4, -0.2) is 51.6 Å². The number of amides is 1. The van der Waals surface area contributed by atoms with Crippen LogP contribution in [0.4, 0.5) is 5.82 Å². The zero-order valence-electron chi connectivity index (χ0n) is 19.3. The van der Waals surface area contributed by atoms with Crippen LogP contribution < -0.4 is 10.1 Å². The Morgan fingerprint density at radius 2 is 2.24 bits per heavy atom. The molecular formula is C22H25N5O2. The number of nitrogens with one attached hydrogen (secondary N) is 1. The van der Waals surface area contributed by atoms with E-state index < -0.39 is 6.98 Å². The molecule has 0 radical (unpaired) electrons. The highest BCUT2D eigenvalue weighted by molar-refractivity contribution is 5.93. The second kappa shape index (κ2) is 7.15. The monoisotopic (exact) mass is 394 g/mol. The van der Waals surface area contributed by atoms with Crippen molar-refractivity contribution in [2.75, 3.05) is 25.4 Å². The minimum Gasteiger partial charge on any atom is -0.490 e. The van der Waals surface area contributed by atoms with E-state index in [4.69, 9.17) is 8.85 Å². The summed E-state index contributed by atoms with van der Waals surface area (Å²) in [4.78, 5) is 17.9. The number of nitrogens with zero attached hydrogens (tertiary/aromatic N) is 4. The van der Waals surface area contributed by atoms with Gasteiger partial charge in [0.05, 0.1) is 11.7 Å². The number of carbonyl (C=O) groups is 1. The summed E-state index contributed by atoms with van der Waals surface area (Å²) < 4.78 is 30.6. The number of anilines is 1. The van der Waals surface area contributed by atoms with Crippen LogP contribution in [0.1, 0.15) is 29.1 Å². The number of aromatic nitrogens is 3. The summed E-state index contributed by atoms with van der Waals surface area (Å²) in [6.07, 6.45) is 6.21. The Labute approximate surface area is 173 Å². The van der Waals surface area contributed by atoms with Crippen molar-refractivity contribution in [1.82, 2.24) is 19.5 Å². The van der Waals surface area contributed by atoms with Crippen LogP contribution in [0.5, 0.6) is 5.75 Å². The predicted molar refractivity (Wildman–Crippen MR) is 111 cm³/mol. The summed E-state index contributed by atoms with van der Waals surface area (Å²) in [6.45, 7) is 0.669. The van der Waals surface area contributed by atoms with Crippen LogP contribution in [0.2, 0.25) is 0 Å². The third-order valence-corrected chi connectivity index (χ3v) is 5.55. The highest BCUT2D eigenvalue weighted by Gasteiger charge is 2.30. The van der Waals surface area contributed by atoms with E-state index in [0.717, 1.165) is 41.6 Å². The Balaban J connectivity index is 1.37. The largest absolute Gasteiger partial charge is 0.490 e. The molecule has 1 N–H and O–H groups in total. The molecule has 1 atom stereocenters. The highest BCUT2D eigenvalue weighted by Crippen LogP contribution is 2.33. The van der Waals surface area contributed by atoms with E-state index in [1.54, 1.807) is 10.7 Å². The van der Waals surface area contributed by atoms with Gasteiger partial charge in [-0.2, -0.15) is 5.10 Å². The zero-order chi connectivity index (χ0) is 22.5. The fraction of sp³-hybridized carbons (Fsp3) is 0.409. The number of aryl methyl sites for hydroxylation is 1. The molecule has 1 amide bonds. The normalized spacial score (nSPS) is 21.1. The topological polar surface area (TPSA) is 71.8 Å². The second-order valence-electron chi connectivity index (χ2n) is 7.85. The number of rotatable bonds is 6. The first-order valence-corrected chi connectivity index (χ1v) is 9.95. The molecule has 1 saturated heterocycles. The predicted octanol–water partition coefficient (Wildman–Crippen LogP) is 3.14. The van der Waals surface area contributed by atoms with E-state index >= 15 is 0 Å². The van der Waals surface area contributed by atoms with E-state index in [0.29, 0.717) is 24.7 Å². The number of hydrogen-bond donors (Lipinski definition) is 1. The van der Waals surface area contributed by atoms with Crippen molar-refractivity contribution in [3.8, 4) is 16.9 Å². The summed E-state index contributed by atoms with van der Waals surface area (Å²) >= 11 is 0. The minimum absolute atomic E-state index is 0.0242. The lowest BCUT2D eigenvalue weighted by molar-refractivity contribution is -0.117. The molecule has 5 rings (SSSR count). The average Bonchev–Trinajstić information content (AvgIpc) is 3.47. The molecule has 1 saturated carbocycles. The third kappa shape index (κ3) is 3.70. The van der Waals surface area contributed by atoms with Gasteiger partial charge in [0, 0.05) is 39.6 Å². The molecule has 0 aromatic carbocycles. The highest BCUT2D eigenvalue weighted by atomic mass is 16.5. The number of carbonyl (C=O) groups excluding carboxylic acids is 1. The molecule has 4 heterocycles. The number of ether oxygens (including phenoxy) is 1. The van der Waals surface area contributed by atoms with Crippen LogP contribution in [0.25, 0.3) is 16.6 Å². The Bertz CT molecular complexity index is 1170. The van der Waals surface area contributed by atoms with Crippen molar-refractivity contribution in [1.29, 1.82) is 0 Å². The Morgan fingerprint density at radius 3 is 3.00 bits per heavy atom. The van der Waals surface area contributed by atoms with Gasteiger partial charge in [-0.3, -0.25) is 14.7 Å². The van der Waals surface area contributed by atoms with E-state index in [1.807, 2.05) is 37.4 Å². The second-order valence-corrected chi connectivity index (χ2v) is 7.85. The summed E-state index contributed by atoms with van der Waals surface area (Å²) in [5.41, 5.74) is 3.51. The molecule has 2 fully saturated rings. The van der Waals surface area contributed by atoms with Crippen LogP contribution in [-0.2, 0) is 4.79 Å². The number of likely N-dealkylation sites (N-methyl/N-ethyl adjacent to an activating group) is 1. The summed E-state index contributed by atoms with van der Waals surface area (Å²) in [7, 11) is 0. The summed E-state index contributed by atoms with van der Waals surface area (Å²) in [6, 6.07) is 7.59. The average molecular weight is 394 g/mol. The lowest BCUT2D eigenvalue weighted by Gasteiger charge is -2.37. The lowest BCUT2D eigenvalue weighted by Crippen LogP contribution is -2.48. The maximum Gasteiger partial charge on any atom is 0.228 e. The quantitative estimate of drug-likeness (QED) is 0.695. The van der Waals surface area contributed by atoms with Crippen LogP contribution in [0.15, 0.2) is 36.7 Å². The fourth-order valence-corrected chi connectivity index (χ4v) is 3.48. The van der Waals surface area contributed by atoms with Crippen molar-refractivity contribution in [3.05, 3.63) is 42.4 Å². The van der Waals surface area contributed by atoms with Gasteiger partial charge in [0.15, 0.2) is 5.82 Å². The Kier molecular flexibility index (Phi) is 3.69. The molecule has 150 valence electrons. The van der Waals surface area contributed by atoms with Crippen molar-refractivity contribution >= 4 is 17.2 Å². The number of fused-ring (bicyclic) bond motifs is 1. The van der Waals surface area contributed by atoms with Crippen molar-refractivity contribution in [2.45, 2.75) is 32.2 Å². The van der Waals surface area contributed by atoms with E-state index in [2.05, 4.69) is 15.4 Å².